The molecule has 0 heterocycles. The summed E-state index contributed by atoms with van der Waals surface area (Å²) < 4.78 is 28.4. The van der Waals surface area contributed by atoms with E-state index >= 15 is 0 Å². The molecular weight excluding hydrogens is 313 g/mol. The Morgan fingerprint density at radius 2 is 1.62 bits per heavy atom. The van der Waals surface area contributed by atoms with Crippen molar-refractivity contribution in [3.8, 4) is 11.5 Å². The van der Waals surface area contributed by atoms with E-state index in [4.69, 9.17) is 14.2 Å². The molecule has 0 aliphatic heterocycles. The Kier molecular flexibility index (Phi) is 7.20. The highest BCUT2D eigenvalue weighted by atomic mass is 19.1. The molecule has 24 heavy (non-hydrogen) atoms. The smallest absolute Gasteiger partial charge is 0.246 e. The molecular formula is C18H20FNO4. The maximum absolute atomic E-state index is 12.8. The van der Waals surface area contributed by atoms with Crippen LogP contribution in [-0.2, 0) is 20.8 Å². The van der Waals surface area contributed by atoms with Gasteiger partial charge in [-0.15, -0.1) is 0 Å². The molecule has 0 saturated heterocycles. The van der Waals surface area contributed by atoms with Gasteiger partial charge in [0, 0.05) is 13.7 Å². The van der Waals surface area contributed by atoms with Gasteiger partial charge < -0.3 is 19.5 Å². The fourth-order valence-electron chi connectivity index (χ4n) is 1.87. The number of hydrogen-bond donors (Lipinski definition) is 1. The van der Waals surface area contributed by atoms with Crippen molar-refractivity contribution in [3.63, 3.8) is 0 Å². The SMILES string of the molecule is COCCOCC(=O)NCc1ccc(Oc2ccc(F)cc2)cc1. The molecule has 0 unspecified atom stereocenters. The van der Waals surface area contributed by atoms with E-state index in [-0.39, 0.29) is 18.3 Å². The van der Waals surface area contributed by atoms with Crippen molar-refractivity contribution in [1.29, 1.82) is 0 Å². The van der Waals surface area contributed by atoms with Gasteiger partial charge in [-0.3, -0.25) is 4.79 Å². The van der Waals surface area contributed by atoms with Crippen molar-refractivity contribution in [3.05, 3.63) is 59.9 Å². The zero-order chi connectivity index (χ0) is 17.2. The van der Waals surface area contributed by atoms with Gasteiger partial charge in [-0.2, -0.15) is 0 Å². The van der Waals surface area contributed by atoms with Gasteiger partial charge in [0.1, 0.15) is 23.9 Å². The third kappa shape index (κ3) is 6.36. The molecule has 2 aromatic carbocycles. The van der Waals surface area contributed by atoms with Crippen molar-refractivity contribution in [2.45, 2.75) is 6.54 Å². The van der Waals surface area contributed by atoms with Gasteiger partial charge in [-0.05, 0) is 42.0 Å². The summed E-state index contributed by atoms with van der Waals surface area (Å²) in [6.07, 6.45) is 0. The molecule has 1 N–H and O–H groups in total. The van der Waals surface area contributed by atoms with Crippen molar-refractivity contribution >= 4 is 5.91 Å². The molecule has 0 aliphatic rings. The number of methoxy groups -OCH3 is 1. The molecule has 2 rings (SSSR count). The summed E-state index contributed by atoms with van der Waals surface area (Å²) >= 11 is 0. The zero-order valence-corrected chi connectivity index (χ0v) is 13.5. The van der Waals surface area contributed by atoms with E-state index in [1.54, 1.807) is 31.4 Å². The quantitative estimate of drug-likeness (QED) is 0.717. The molecule has 0 spiro atoms. The van der Waals surface area contributed by atoms with Crippen LogP contribution in [0.15, 0.2) is 48.5 Å². The summed E-state index contributed by atoms with van der Waals surface area (Å²) in [5.74, 6) is 0.711. The van der Waals surface area contributed by atoms with Crippen LogP contribution in [0.1, 0.15) is 5.56 Å². The first-order valence-electron chi connectivity index (χ1n) is 7.53. The third-order valence-electron chi connectivity index (χ3n) is 3.13. The summed E-state index contributed by atoms with van der Waals surface area (Å²) in [4.78, 5) is 11.6. The number of carbonyl (C=O) groups is 1. The van der Waals surface area contributed by atoms with Crippen molar-refractivity contribution in [1.82, 2.24) is 5.32 Å². The number of ether oxygens (including phenoxy) is 3. The van der Waals surface area contributed by atoms with Crippen LogP contribution in [0.2, 0.25) is 0 Å². The molecule has 6 heteroatoms. The molecule has 128 valence electrons. The topological polar surface area (TPSA) is 56.8 Å². The lowest BCUT2D eigenvalue weighted by atomic mass is 10.2. The van der Waals surface area contributed by atoms with Crippen molar-refractivity contribution < 1.29 is 23.4 Å². The maximum atomic E-state index is 12.8. The largest absolute Gasteiger partial charge is 0.457 e. The molecule has 0 atom stereocenters. The fraction of sp³-hybridized carbons (Fsp3) is 0.278. The van der Waals surface area contributed by atoms with Crippen molar-refractivity contribution in [2.24, 2.45) is 0 Å². The van der Waals surface area contributed by atoms with Crippen LogP contribution in [0, 0.1) is 5.82 Å². The predicted molar refractivity (Wildman–Crippen MR) is 87.5 cm³/mol. The van der Waals surface area contributed by atoms with Crippen LogP contribution in [-0.4, -0.2) is 32.8 Å². The summed E-state index contributed by atoms with van der Waals surface area (Å²) in [5.41, 5.74) is 0.937. The number of amides is 1. The second kappa shape index (κ2) is 9.64. The molecule has 0 saturated carbocycles. The summed E-state index contributed by atoms with van der Waals surface area (Å²) in [6, 6.07) is 13.1. The lowest BCUT2D eigenvalue weighted by Crippen LogP contribution is -2.27. The summed E-state index contributed by atoms with van der Waals surface area (Å²) in [5, 5.41) is 2.76. The third-order valence-corrected chi connectivity index (χ3v) is 3.13. The van der Waals surface area contributed by atoms with Gasteiger partial charge in [0.05, 0.1) is 13.2 Å². The fourth-order valence-corrected chi connectivity index (χ4v) is 1.87. The lowest BCUT2D eigenvalue weighted by Gasteiger charge is -2.08. The molecule has 0 fully saturated rings. The minimum Gasteiger partial charge on any atom is -0.457 e. The highest BCUT2D eigenvalue weighted by Gasteiger charge is 2.02. The Bertz CT molecular complexity index is 628. The Morgan fingerprint density at radius 3 is 2.25 bits per heavy atom. The summed E-state index contributed by atoms with van der Waals surface area (Å²) in [6.45, 7) is 1.26. The number of carbonyl (C=O) groups excluding carboxylic acids is 1. The summed E-state index contributed by atoms with van der Waals surface area (Å²) in [7, 11) is 1.58. The monoisotopic (exact) mass is 333 g/mol. The first-order chi connectivity index (χ1) is 11.7. The minimum atomic E-state index is -0.306. The highest BCUT2D eigenvalue weighted by Crippen LogP contribution is 2.21. The molecule has 0 aliphatic carbocycles. The van der Waals surface area contributed by atoms with E-state index in [2.05, 4.69) is 5.32 Å². The number of halogens is 1. The van der Waals surface area contributed by atoms with Gasteiger partial charge in [0.25, 0.3) is 0 Å². The van der Waals surface area contributed by atoms with Crippen LogP contribution in [0.5, 0.6) is 11.5 Å². The first-order valence-corrected chi connectivity index (χ1v) is 7.53. The Morgan fingerprint density at radius 1 is 1.00 bits per heavy atom. The molecule has 2 aromatic rings. The molecule has 0 bridgehead atoms. The van der Waals surface area contributed by atoms with Gasteiger partial charge in [0.2, 0.25) is 5.91 Å². The standard InChI is InChI=1S/C18H20FNO4/c1-22-10-11-23-13-18(21)20-12-14-2-6-16(7-3-14)24-17-8-4-15(19)5-9-17/h2-9H,10-13H2,1H3,(H,20,21). The van der Waals surface area contributed by atoms with Crippen LogP contribution >= 0.6 is 0 Å². The molecule has 0 radical (unpaired) electrons. The predicted octanol–water partition coefficient (Wildman–Crippen LogP) is 2.90. The number of rotatable bonds is 9. The maximum Gasteiger partial charge on any atom is 0.246 e. The van der Waals surface area contributed by atoms with E-state index in [9.17, 15) is 9.18 Å². The number of hydrogen-bond acceptors (Lipinski definition) is 4. The molecule has 5 nitrogen and oxygen atoms in total. The average Bonchev–Trinajstić information content (AvgIpc) is 2.60. The minimum absolute atomic E-state index is 0.00905. The van der Waals surface area contributed by atoms with Crippen molar-refractivity contribution in [2.75, 3.05) is 26.9 Å². The van der Waals surface area contributed by atoms with Crippen LogP contribution in [0.25, 0.3) is 0 Å². The van der Waals surface area contributed by atoms with Gasteiger partial charge in [-0.25, -0.2) is 4.39 Å². The average molecular weight is 333 g/mol. The van der Waals surface area contributed by atoms with E-state index in [1.165, 1.54) is 12.1 Å². The van der Waals surface area contributed by atoms with Crippen LogP contribution < -0.4 is 10.1 Å². The van der Waals surface area contributed by atoms with Gasteiger partial charge >= 0.3 is 0 Å². The van der Waals surface area contributed by atoms with E-state index in [0.717, 1.165) is 5.56 Å². The second-order valence-corrected chi connectivity index (χ2v) is 5.02. The zero-order valence-electron chi connectivity index (χ0n) is 13.5. The Labute approximate surface area is 140 Å². The van der Waals surface area contributed by atoms with Gasteiger partial charge in [-0.1, -0.05) is 12.1 Å². The van der Waals surface area contributed by atoms with Crippen LogP contribution in [0.4, 0.5) is 4.39 Å². The second-order valence-electron chi connectivity index (χ2n) is 5.02. The lowest BCUT2D eigenvalue weighted by molar-refractivity contribution is -0.126. The number of nitrogens with one attached hydrogen (secondary N) is 1. The highest BCUT2D eigenvalue weighted by molar-refractivity contribution is 5.77. The van der Waals surface area contributed by atoms with E-state index < -0.39 is 0 Å². The van der Waals surface area contributed by atoms with E-state index in [0.29, 0.717) is 31.3 Å². The Hall–Kier alpha value is -2.44. The number of benzene rings is 2. The Balaban J connectivity index is 1.75. The first kappa shape index (κ1) is 17.9. The normalized spacial score (nSPS) is 10.4. The van der Waals surface area contributed by atoms with Crippen LogP contribution in [0.3, 0.4) is 0 Å². The molecule has 0 aromatic heterocycles. The van der Waals surface area contributed by atoms with Gasteiger partial charge in [0.15, 0.2) is 0 Å². The van der Waals surface area contributed by atoms with E-state index in [1.807, 2.05) is 12.1 Å². The molecule has 1 amide bonds.